The van der Waals surface area contributed by atoms with Crippen LogP contribution in [-0.2, 0) is 20.7 Å². The van der Waals surface area contributed by atoms with Crippen molar-refractivity contribution in [2.75, 3.05) is 14.2 Å². The van der Waals surface area contributed by atoms with Gasteiger partial charge >= 0.3 is 0 Å². The molecule has 2 atom stereocenters. The zero-order valence-corrected chi connectivity index (χ0v) is 27.8. The van der Waals surface area contributed by atoms with Gasteiger partial charge in [0, 0.05) is 39.6 Å². The van der Waals surface area contributed by atoms with Crippen molar-refractivity contribution in [1.29, 1.82) is 10.5 Å². The fraction of sp³-hybridized carbons (Fsp3) is 0.171. The third-order valence-electron chi connectivity index (χ3n) is 7.47. The molecular weight excluding hydrogens is 706 g/mol. The Labute approximate surface area is 281 Å². The average Bonchev–Trinajstić information content (AvgIpc) is 3.60. The maximum absolute atomic E-state index is 9.35. The lowest BCUT2D eigenvalue weighted by molar-refractivity contribution is 0.0259. The van der Waals surface area contributed by atoms with Crippen molar-refractivity contribution in [3.63, 3.8) is 0 Å². The molecule has 222 valence electrons. The van der Waals surface area contributed by atoms with Crippen LogP contribution in [0.2, 0.25) is 10.0 Å². The van der Waals surface area contributed by atoms with E-state index in [4.69, 9.17) is 32.7 Å². The van der Waals surface area contributed by atoms with Gasteiger partial charge < -0.3 is 9.47 Å². The zero-order valence-electron chi connectivity index (χ0n) is 24.1. The summed E-state index contributed by atoms with van der Waals surface area (Å²) in [5.74, 6) is 0. The van der Waals surface area contributed by atoms with E-state index in [1.54, 1.807) is 20.4 Å². The van der Waals surface area contributed by atoms with E-state index in [1.807, 2.05) is 103 Å². The predicted octanol–water partition coefficient (Wildman–Crippen LogP) is 9.28. The fourth-order valence-corrected chi connectivity index (χ4v) is 5.69. The SMILES string of the molecule is COC(CC#N)(c1ccc(Cl)cc1)c1ccc(-c2cn[nH]c2)cc1.COC(CC#N)(c1ccc(Cl)cc1)c1ccc(I)cc1. The second-order valence-corrected chi connectivity index (χ2v) is 11.9. The standard InChI is InChI=1S/C19H16ClN3O.C16H13ClINO/c1-24-19(10-11-21,17-6-8-18(20)9-7-17)16-4-2-14(3-5-16)15-12-22-23-13-15;1-20-16(10-11-19,12-2-6-14(17)7-3-12)13-4-8-15(18)9-5-13/h2-9,12-13H,10H2,1H3,(H,22,23);2-9H,10H2,1H3. The molecule has 2 unspecified atom stereocenters. The third kappa shape index (κ3) is 7.32. The van der Waals surface area contributed by atoms with Gasteiger partial charge in [0.2, 0.25) is 0 Å². The van der Waals surface area contributed by atoms with E-state index >= 15 is 0 Å². The zero-order chi connectivity index (χ0) is 31.6. The highest BCUT2D eigenvalue weighted by atomic mass is 127. The number of aromatic nitrogens is 2. The molecule has 4 aromatic carbocycles. The van der Waals surface area contributed by atoms with E-state index in [-0.39, 0.29) is 12.8 Å². The van der Waals surface area contributed by atoms with Crippen LogP contribution in [0, 0.1) is 26.2 Å². The van der Waals surface area contributed by atoms with Crippen LogP contribution < -0.4 is 0 Å². The number of nitriles is 2. The normalized spacial score (nSPS) is 13.3. The van der Waals surface area contributed by atoms with E-state index in [9.17, 15) is 10.5 Å². The van der Waals surface area contributed by atoms with E-state index in [1.165, 1.54) is 0 Å². The van der Waals surface area contributed by atoms with Crippen LogP contribution in [0.15, 0.2) is 109 Å². The van der Waals surface area contributed by atoms with Crippen molar-refractivity contribution in [3.05, 3.63) is 145 Å². The molecule has 0 aliphatic heterocycles. The Morgan fingerprint density at radius 1 is 0.659 bits per heavy atom. The minimum Gasteiger partial charge on any atom is -0.368 e. The smallest absolute Gasteiger partial charge is 0.131 e. The number of halogens is 3. The van der Waals surface area contributed by atoms with Crippen LogP contribution in [0.1, 0.15) is 35.1 Å². The highest BCUT2D eigenvalue weighted by Crippen LogP contribution is 2.38. The molecule has 1 N–H and O–H groups in total. The number of benzene rings is 4. The van der Waals surface area contributed by atoms with Gasteiger partial charge in [-0.1, -0.05) is 83.9 Å². The minimum absolute atomic E-state index is 0.205. The molecule has 0 radical (unpaired) electrons. The summed E-state index contributed by atoms with van der Waals surface area (Å²) in [6.45, 7) is 0. The molecule has 0 saturated heterocycles. The molecule has 0 spiro atoms. The van der Waals surface area contributed by atoms with Gasteiger partial charge in [0.15, 0.2) is 0 Å². The summed E-state index contributed by atoms with van der Waals surface area (Å²) in [6.07, 6.45) is 4.06. The Balaban J connectivity index is 0.000000204. The van der Waals surface area contributed by atoms with Crippen LogP contribution in [-0.4, -0.2) is 24.4 Å². The number of nitrogens with zero attached hydrogens (tertiary/aromatic N) is 3. The van der Waals surface area contributed by atoms with Crippen molar-refractivity contribution in [1.82, 2.24) is 10.2 Å². The lowest BCUT2D eigenvalue weighted by atomic mass is 9.83. The summed E-state index contributed by atoms with van der Waals surface area (Å²) in [4.78, 5) is 0. The van der Waals surface area contributed by atoms with Crippen LogP contribution >= 0.6 is 45.8 Å². The Kier molecular flexibility index (Phi) is 11.6. The summed E-state index contributed by atoms with van der Waals surface area (Å²) in [5, 5.41) is 26.6. The molecule has 0 amide bonds. The predicted molar refractivity (Wildman–Crippen MR) is 182 cm³/mol. The number of H-pyrrole nitrogens is 1. The van der Waals surface area contributed by atoms with Gasteiger partial charge in [0.1, 0.15) is 11.2 Å². The molecule has 1 heterocycles. The van der Waals surface area contributed by atoms with Crippen molar-refractivity contribution < 1.29 is 9.47 Å². The maximum atomic E-state index is 9.35. The number of hydrogen-bond acceptors (Lipinski definition) is 5. The molecule has 1 aromatic heterocycles. The molecule has 0 fully saturated rings. The quantitative estimate of drug-likeness (QED) is 0.152. The minimum atomic E-state index is -0.825. The number of nitrogens with one attached hydrogen (secondary N) is 1. The first kappa shape index (κ1) is 33.2. The van der Waals surface area contributed by atoms with E-state index < -0.39 is 11.2 Å². The highest BCUT2D eigenvalue weighted by molar-refractivity contribution is 14.1. The molecule has 0 aliphatic rings. The highest BCUT2D eigenvalue weighted by Gasteiger charge is 2.35. The van der Waals surface area contributed by atoms with Gasteiger partial charge in [-0.05, 0) is 86.8 Å². The number of aromatic amines is 1. The Morgan fingerprint density at radius 2 is 1.05 bits per heavy atom. The van der Waals surface area contributed by atoms with Crippen LogP contribution in [0.5, 0.6) is 0 Å². The summed E-state index contributed by atoms with van der Waals surface area (Å²) in [5.41, 5.74) is 4.17. The molecule has 0 bridgehead atoms. The van der Waals surface area contributed by atoms with Gasteiger partial charge in [-0.25, -0.2) is 0 Å². The first-order valence-electron chi connectivity index (χ1n) is 13.5. The van der Waals surface area contributed by atoms with Crippen molar-refractivity contribution >= 4 is 45.8 Å². The van der Waals surface area contributed by atoms with Crippen molar-refractivity contribution in [2.24, 2.45) is 0 Å². The lowest BCUT2D eigenvalue weighted by Crippen LogP contribution is -2.29. The van der Waals surface area contributed by atoms with E-state index in [0.717, 1.165) is 37.0 Å². The van der Waals surface area contributed by atoms with Crippen molar-refractivity contribution in [2.45, 2.75) is 24.0 Å². The monoisotopic (exact) mass is 734 g/mol. The summed E-state index contributed by atoms with van der Waals surface area (Å²) >= 11 is 14.2. The van der Waals surface area contributed by atoms with E-state index in [0.29, 0.717) is 10.0 Å². The van der Waals surface area contributed by atoms with Gasteiger partial charge in [0.05, 0.1) is 31.2 Å². The molecule has 9 heteroatoms. The van der Waals surface area contributed by atoms with Crippen LogP contribution in [0.3, 0.4) is 0 Å². The van der Waals surface area contributed by atoms with Gasteiger partial charge in [-0.3, -0.25) is 5.10 Å². The Morgan fingerprint density at radius 3 is 1.39 bits per heavy atom. The number of methoxy groups -OCH3 is 2. The Hall–Kier alpha value is -3.70. The van der Waals surface area contributed by atoms with Crippen LogP contribution in [0.4, 0.5) is 0 Å². The second kappa shape index (κ2) is 15.3. The number of ether oxygens (including phenoxy) is 2. The largest absolute Gasteiger partial charge is 0.368 e. The molecular formula is C35H29Cl2IN4O2. The summed E-state index contributed by atoms with van der Waals surface area (Å²) in [7, 11) is 3.25. The number of hydrogen-bond donors (Lipinski definition) is 1. The van der Waals surface area contributed by atoms with Gasteiger partial charge in [-0.15, -0.1) is 0 Å². The molecule has 0 aliphatic carbocycles. The molecule has 44 heavy (non-hydrogen) atoms. The average molecular weight is 735 g/mol. The van der Waals surface area contributed by atoms with E-state index in [2.05, 4.69) is 44.9 Å². The van der Waals surface area contributed by atoms with Crippen LogP contribution in [0.25, 0.3) is 11.1 Å². The Bertz CT molecular complexity index is 1670. The van der Waals surface area contributed by atoms with Crippen molar-refractivity contribution in [3.8, 4) is 23.3 Å². The number of rotatable bonds is 9. The first-order chi connectivity index (χ1) is 21.3. The summed E-state index contributed by atoms with van der Waals surface area (Å²) in [6, 6.07) is 35.3. The fourth-order valence-electron chi connectivity index (χ4n) is 5.08. The first-order valence-corrected chi connectivity index (χ1v) is 15.4. The molecule has 0 saturated carbocycles. The molecule has 5 aromatic rings. The topological polar surface area (TPSA) is 94.7 Å². The van der Waals surface area contributed by atoms with Gasteiger partial charge in [-0.2, -0.15) is 15.6 Å². The molecule has 6 nitrogen and oxygen atoms in total. The second-order valence-electron chi connectivity index (χ2n) is 9.82. The van der Waals surface area contributed by atoms with Gasteiger partial charge in [0.25, 0.3) is 0 Å². The lowest BCUT2D eigenvalue weighted by Gasteiger charge is -2.31. The maximum Gasteiger partial charge on any atom is 0.131 e. The third-order valence-corrected chi connectivity index (χ3v) is 8.69. The molecule has 5 rings (SSSR count). The summed E-state index contributed by atoms with van der Waals surface area (Å²) < 4.78 is 12.7.